The summed E-state index contributed by atoms with van der Waals surface area (Å²) in [6, 6.07) is 8.15. The largest absolute Gasteiger partial charge is 0.342 e. The Morgan fingerprint density at radius 3 is 2.64 bits per heavy atom. The van der Waals surface area contributed by atoms with Gasteiger partial charge in [-0.15, -0.1) is 0 Å². The van der Waals surface area contributed by atoms with Crippen LogP contribution >= 0.6 is 0 Å². The lowest BCUT2D eigenvalue weighted by Gasteiger charge is -2.24. The first-order chi connectivity index (χ1) is 12.0. The molecule has 2 atom stereocenters. The molecule has 2 fully saturated rings. The van der Waals surface area contributed by atoms with Crippen LogP contribution in [-0.2, 0) is 16.0 Å². The van der Waals surface area contributed by atoms with Crippen molar-refractivity contribution < 1.29 is 9.59 Å². The van der Waals surface area contributed by atoms with Crippen LogP contribution in [0.5, 0.6) is 0 Å². The summed E-state index contributed by atoms with van der Waals surface area (Å²) in [5, 5.41) is 0. The van der Waals surface area contributed by atoms with Crippen molar-refractivity contribution in [2.24, 2.45) is 17.1 Å². The smallest absolute Gasteiger partial charge is 0.228 e. The van der Waals surface area contributed by atoms with Gasteiger partial charge in [-0.05, 0) is 42.5 Å². The number of benzene rings is 1. The fraction of sp³-hybridized carbons (Fsp3) is 0.600. The second-order valence-corrected chi connectivity index (χ2v) is 7.85. The fourth-order valence-electron chi connectivity index (χ4n) is 3.89. The molecule has 1 aromatic carbocycles. The predicted molar refractivity (Wildman–Crippen MR) is 99.3 cm³/mol. The Balaban J connectivity index is 1.65. The standard InChI is InChI=1S/C20H29N3O2/c1-3-4-15-5-7-17(8-6-15)23-12-16(11-18(23)24)19(25)22-10-9-20(2,13-21)14-22/h5-8,16H,3-4,9-14,21H2,1-2H3. The molecule has 0 spiro atoms. The topological polar surface area (TPSA) is 66.6 Å². The molecule has 5 heteroatoms. The summed E-state index contributed by atoms with van der Waals surface area (Å²) in [6.45, 7) is 6.82. The molecule has 2 aliphatic rings. The maximum atomic E-state index is 12.8. The van der Waals surface area contributed by atoms with Crippen molar-refractivity contribution in [2.45, 2.75) is 39.5 Å². The van der Waals surface area contributed by atoms with E-state index in [4.69, 9.17) is 5.73 Å². The van der Waals surface area contributed by atoms with Crippen LogP contribution in [0.3, 0.4) is 0 Å². The number of hydrogen-bond acceptors (Lipinski definition) is 3. The van der Waals surface area contributed by atoms with Gasteiger partial charge in [-0.2, -0.15) is 0 Å². The highest BCUT2D eigenvalue weighted by Crippen LogP contribution is 2.32. The van der Waals surface area contributed by atoms with E-state index in [0.29, 0.717) is 26.1 Å². The van der Waals surface area contributed by atoms with E-state index >= 15 is 0 Å². The van der Waals surface area contributed by atoms with Crippen molar-refractivity contribution in [3.05, 3.63) is 29.8 Å². The summed E-state index contributed by atoms with van der Waals surface area (Å²) >= 11 is 0. The highest BCUT2D eigenvalue weighted by atomic mass is 16.2. The van der Waals surface area contributed by atoms with Crippen LogP contribution < -0.4 is 10.6 Å². The lowest BCUT2D eigenvalue weighted by Crippen LogP contribution is -2.38. The SMILES string of the molecule is CCCc1ccc(N2CC(C(=O)N3CCC(C)(CN)C3)CC2=O)cc1. The Kier molecular flexibility index (Phi) is 5.13. The molecule has 0 aromatic heterocycles. The van der Waals surface area contributed by atoms with Crippen LogP contribution in [0.15, 0.2) is 24.3 Å². The number of carbonyl (C=O) groups is 2. The van der Waals surface area contributed by atoms with Gasteiger partial charge < -0.3 is 15.5 Å². The Hall–Kier alpha value is -1.88. The second-order valence-electron chi connectivity index (χ2n) is 7.85. The summed E-state index contributed by atoms with van der Waals surface area (Å²) in [7, 11) is 0. The molecule has 2 unspecified atom stereocenters. The van der Waals surface area contributed by atoms with Gasteiger partial charge in [0, 0.05) is 31.7 Å². The molecular weight excluding hydrogens is 314 g/mol. The van der Waals surface area contributed by atoms with E-state index < -0.39 is 0 Å². The molecule has 0 saturated carbocycles. The maximum Gasteiger partial charge on any atom is 0.228 e. The van der Waals surface area contributed by atoms with Gasteiger partial charge in [0.1, 0.15) is 0 Å². The minimum absolute atomic E-state index is 0.0209. The number of hydrogen-bond donors (Lipinski definition) is 1. The van der Waals surface area contributed by atoms with Crippen LogP contribution in [0.1, 0.15) is 38.7 Å². The number of nitrogens with two attached hydrogens (primary N) is 1. The molecule has 2 heterocycles. The number of carbonyl (C=O) groups excluding carboxylic acids is 2. The first kappa shape index (κ1) is 17.9. The molecule has 0 radical (unpaired) electrons. The minimum Gasteiger partial charge on any atom is -0.342 e. The monoisotopic (exact) mass is 343 g/mol. The summed E-state index contributed by atoms with van der Waals surface area (Å²) in [5.74, 6) is -0.0825. The highest BCUT2D eigenvalue weighted by Gasteiger charge is 2.41. The Bertz CT molecular complexity index is 643. The van der Waals surface area contributed by atoms with Crippen molar-refractivity contribution >= 4 is 17.5 Å². The van der Waals surface area contributed by atoms with Gasteiger partial charge in [-0.25, -0.2) is 0 Å². The lowest BCUT2D eigenvalue weighted by atomic mass is 9.90. The summed E-state index contributed by atoms with van der Waals surface area (Å²) in [6.07, 6.45) is 3.41. The van der Waals surface area contributed by atoms with E-state index in [0.717, 1.165) is 31.5 Å². The molecule has 2 saturated heterocycles. The van der Waals surface area contributed by atoms with E-state index in [2.05, 4.69) is 26.0 Å². The van der Waals surface area contributed by atoms with E-state index in [1.54, 1.807) is 4.90 Å². The highest BCUT2D eigenvalue weighted by molar-refractivity contribution is 6.00. The van der Waals surface area contributed by atoms with Gasteiger partial charge in [0.25, 0.3) is 0 Å². The molecule has 136 valence electrons. The molecule has 5 nitrogen and oxygen atoms in total. The number of amides is 2. The average molecular weight is 343 g/mol. The third-order valence-corrected chi connectivity index (χ3v) is 5.62. The van der Waals surface area contributed by atoms with Gasteiger partial charge >= 0.3 is 0 Å². The van der Waals surface area contributed by atoms with Crippen molar-refractivity contribution in [3.8, 4) is 0 Å². The fourth-order valence-corrected chi connectivity index (χ4v) is 3.89. The van der Waals surface area contributed by atoms with Crippen LogP contribution in [-0.4, -0.2) is 42.9 Å². The molecule has 25 heavy (non-hydrogen) atoms. The summed E-state index contributed by atoms with van der Waals surface area (Å²) < 4.78 is 0. The van der Waals surface area contributed by atoms with E-state index in [9.17, 15) is 9.59 Å². The van der Waals surface area contributed by atoms with E-state index in [1.165, 1.54) is 5.56 Å². The van der Waals surface area contributed by atoms with Gasteiger partial charge in [-0.1, -0.05) is 32.4 Å². The van der Waals surface area contributed by atoms with Crippen LogP contribution in [0.2, 0.25) is 0 Å². The van der Waals surface area contributed by atoms with E-state index in [-0.39, 0.29) is 23.1 Å². The molecule has 2 N–H and O–H groups in total. The number of likely N-dealkylation sites (tertiary alicyclic amines) is 1. The van der Waals surface area contributed by atoms with Gasteiger partial charge in [0.2, 0.25) is 11.8 Å². The quantitative estimate of drug-likeness (QED) is 0.891. The van der Waals surface area contributed by atoms with Crippen LogP contribution in [0.25, 0.3) is 0 Å². The van der Waals surface area contributed by atoms with Crippen LogP contribution in [0.4, 0.5) is 5.69 Å². The number of rotatable bonds is 5. The average Bonchev–Trinajstić information content (AvgIpc) is 3.19. The Labute approximate surface area is 150 Å². The van der Waals surface area contributed by atoms with Crippen molar-refractivity contribution in [1.82, 2.24) is 4.90 Å². The summed E-state index contributed by atoms with van der Waals surface area (Å²) in [4.78, 5) is 28.9. The maximum absolute atomic E-state index is 12.8. The zero-order valence-corrected chi connectivity index (χ0v) is 15.3. The first-order valence-electron chi connectivity index (χ1n) is 9.34. The first-order valence-corrected chi connectivity index (χ1v) is 9.34. The lowest BCUT2D eigenvalue weighted by molar-refractivity contribution is -0.135. The second kappa shape index (κ2) is 7.16. The molecule has 2 aliphatic heterocycles. The van der Waals surface area contributed by atoms with Gasteiger partial charge in [-0.3, -0.25) is 9.59 Å². The molecule has 0 aliphatic carbocycles. The number of anilines is 1. The predicted octanol–water partition coefficient (Wildman–Crippen LogP) is 2.19. The number of aryl methyl sites for hydroxylation is 1. The van der Waals surface area contributed by atoms with Gasteiger partial charge in [0.05, 0.1) is 5.92 Å². The molecule has 2 amide bonds. The van der Waals surface area contributed by atoms with Crippen LogP contribution in [0, 0.1) is 11.3 Å². The van der Waals surface area contributed by atoms with Crippen molar-refractivity contribution in [1.29, 1.82) is 0 Å². The Morgan fingerprint density at radius 2 is 2.04 bits per heavy atom. The minimum atomic E-state index is -0.233. The molecule has 0 bridgehead atoms. The van der Waals surface area contributed by atoms with Crippen molar-refractivity contribution in [2.75, 3.05) is 31.1 Å². The Morgan fingerprint density at radius 1 is 1.32 bits per heavy atom. The molecule has 3 rings (SSSR count). The zero-order valence-electron chi connectivity index (χ0n) is 15.3. The van der Waals surface area contributed by atoms with Gasteiger partial charge in [0.15, 0.2) is 0 Å². The normalized spacial score (nSPS) is 26.5. The zero-order chi connectivity index (χ0) is 18.0. The molecule has 1 aromatic rings. The van der Waals surface area contributed by atoms with Crippen molar-refractivity contribution in [3.63, 3.8) is 0 Å². The van der Waals surface area contributed by atoms with E-state index in [1.807, 2.05) is 17.0 Å². The molecular formula is C20H29N3O2. The third kappa shape index (κ3) is 3.71. The third-order valence-electron chi connectivity index (χ3n) is 5.62. The number of nitrogens with zero attached hydrogens (tertiary/aromatic N) is 2. The summed E-state index contributed by atoms with van der Waals surface area (Å²) in [5.41, 5.74) is 8.04.